The molecule has 0 amide bonds. The molecule has 2 aromatic carbocycles. The van der Waals surface area contributed by atoms with E-state index in [9.17, 15) is 5.26 Å². The molecule has 0 fully saturated rings. The molecule has 30 heavy (non-hydrogen) atoms. The van der Waals surface area contributed by atoms with E-state index in [0.717, 1.165) is 46.7 Å². The van der Waals surface area contributed by atoms with Crippen molar-refractivity contribution in [3.8, 4) is 34.2 Å². The summed E-state index contributed by atoms with van der Waals surface area (Å²) in [4.78, 5) is 4.54. The summed E-state index contributed by atoms with van der Waals surface area (Å²) in [5.41, 5.74) is 12.3. The number of anilines is 1. The smallest absolute Gasteiger partial charge is 0.142 e. The van der Waals surface area contributed by atoms with Crippen molar-refractivity contribution in [2.45, 2.75) is 46.5 Å². The van der Waals surface area contributed by atoms with E-state index in [0.29, 0.717) is 5.56 Å². The first-order chi connectivity index (χ1) is 14.5. The topological polar surface area (TPSA) is 71.9 Å². The number of hydrogen-bond acceptors (Lipinski definition) is 4. The minimum absolute atomic E-state index is 0.255. The summed E-state index contributed by atoms with van der Waals surface area (Å²) >= 11 is 0. The van der Waals surface area contributed by atoms with Gasteiger partial charge >= 0.3 is 0 Å². The zero-order valence-electron chi connectivity index (χ0n) is 18.0. The van der Waals surface area contributed by atoms with Gasteiger partial charge in [-0.05, 0) is 43.5 Å². The number of hydrogen-bond donors (Lipinski definition) is 1. The average molecular weight is 400 g/mol. The minimum Gasteiger partial charge on any atom is -0.494 e. The molecule has 0 radical (unpaired) electrons. The van der Waals surface area contributed by atoms with Crippen molar-refractivity contribution in [3.05, 3.63) is 65.2 Å². The number of benzene rings is 2. The maximum atomic E-state index is 9.73. The van der Waals surface area contributed by atoms with Gasteiger partial charge in [-0.25, -0.2) is 4.98 Å². The fraction of sp³-hybridized carbons (Fsp3) is 0.308. The first-order valence-electron chi connectivity index (χ1n) is 10.6. The van der Waals surface area contributed by atoms with E-state index in [1.807, 2.05) is 43.3 Å². The van der Waals surface area contributed by atoms with Gasteiger partial charge in [0.15, 0.2) is 0 Å². The molecule has 4 nitrogen and oxygen atoms in total. The van der Waals surface area contributed by atoms with Crippen LogP contribution in [0.15, 0.2) is 48.5 Å². The fourth-order valence-corrected chi connectivity index (χ4v) is 3.60. The van der Waals surface area contributed by atoms with Gasteiger partial charge in [0.05, 0.1) is 12.3 Å². The van der Waals surface area contributed by atoms with E-state index in [2.05, 4.69) is 37.0 Å². The van der Waals surface area contributed by atoms with Gasteiger partial charge in [-0.15, -0.1) is 0 Å². The zero-order chi connectivity index (χ0) is 21.5. The summed E-state index contributed by atoms with van der Waals surface area (Å²) in [6, 6.07) is 18.3. The van der Waals surface area contributed by atoms with Crippen LogP contribution in [-0.4, -0.2) is 11.6 Å². The molecule has 0 spiro atoms. The molecule has 0 unspecified atom stereocenters. The summed E-state index contributed by atoms with van der Waals surface area (Å²) < 4.78 is 5.86. The number of aryl methyl sites for hydroxylation is 1. The highest BCUT2D eigenvalue weighted by Crippen LogP contribution is 2.36. The highest BCUT2D eigenvalue weighted by molar-refractivity contribution is 5.84. The molecule has 1 aromatic heterocycles. The number of aromatic nitrogens is 1. The number of ether oxygens (including phenoxy) is 1. The average Bonchev–Trinajstić information content (AvgIpc) is 2.76. The van der Waals surface area contributed by atoms with E-state index in [1.54, 1.807) is 0 Å². The Kier molecular flexibility index (Phi) is 7.08. The molecule has 0 aliphatic rings. The van der Waals surface area contributed by atoms with E-state index >= 15 is 0 Å². The van der Waals surface area contributed by atoms with Crippen molar-refractivity contribution in [2.75, 3.05) is 12.3 Å². The lowest BCUT2D eigenvalue weighted by Gasteiger charge is -2.16. The van der Waals surface area contributed by atoms with Crippen molar-refractivity contribution >= 4 is 5.82 Å². The molecule has 4 heteroatoms. The lowest BCUT2D eigenvalue weighted by atomic mass is 9.92. The van der Waals surface area contributed by atoms with E-state index in [4.69, 9.17) is 10.5 Å². The summed E-state index contributed by atoms with van der Waals surface area (Å²) in [5, 5.41) is 9.73. The number of unbranched alkanes of at least 4 members (excludes halogenated alkanes) is 3. The predicted molar refractivity (Wildman–Crippen MR) is 123 cm³/mol. The molecule has 0 saturated heterocycles. The number of pyridine rings is 1. The largest absolute Gasteiger partial charge is 0.494 e. The Morgan fingerprint density at radius 2 is 1.60 bits per heavy atom. The van der Waals surface area contributed by atoms with Gasteiger partial charge in [0.25, 0.3) is 0 Å². The monoisotopic (exact) mass is 399 g/mol. The third kappa shape index (κ3) is 4.80. The number of nitrogens with zero attached hydrogens (tertiary/aromatic N) is 2. The number of rotatable bonds is 8. The standard InChI is InChI=1S/C26H29N3O/c1-4-5-6-7-16-30-22-14-12-20(13-15-22)24-19(3)25(29-26(28)23(24)17-27)21-10-8-18(2)9-11-21/h8-15H,4-7,16H2,1-3H3,(H2,28,29). The summed E-state index contributed by atoms with van der Waals surface area (Å²) in [5.74, 6) is 1.09. The summed E-state index contributed by atoms with van der Waals surface area (Å²) in [6.45, 7) is 6.97. The van der Waals surface area contributed by atoms with Crippen LogP contribution in [0, 0.1) is 25.2 Å². The molecule has 0 bridgehead atoms. The van der Waals surface area contributed by atoms with Crippen molar-refractivity contribution in [3.63, 3.8) is 0 Å². The van der Waals surface area contributed by atoms with Crippen LogP contribution < -0.4 is 10.5 Å². The second-order valence-electron chi connectivity index (χ2n) is 7.63. The Morgan fingerprint density at radius 3 is 2.23 bits per heavy atom. The molecule has 3 rings (SSSR count). The zero-order valence-corrected chi connectivity index (χ0v) is 18.0. The molecule has 0 aliphatic carbocycles. The Labute approximate surface area is 179 Å². The Morgan fingerprint density at radius 1 is 0.933 bits per heavy atom. The third-order valence-corrected chi connectivity index (χ3v) is 5.32. The fourth-order valence-electron chi connectivity index (χ4n) is 3.60. The molecule has 0 atom stereocenters. The molecule has 2 N–H and O–H groups in total. The van der Waals surface area contributed by atoms with Crippen LogP contribution in [0.5, 0.6) is 5.75 Å². The molecule has 0 aliphatic heterocycles. The van der Waals surface area contributed by atoms with Crippen LogP contribution in [-0.2, 0) is 0 Å². The van der Waals surface area contributed by atoms with Gasteiger partial charge in [-0.3, -0.25) is 0 Å². The second kappa shape index (κ2) is 9.93. The highest BCUT2D eigenvalue weighted by Gasteiger charge is 2.18. The summed E-state index contributed by atoms with van der Waals surface area (Å²) in [7, 11) is 0. The van der Waals surface area contributed by atoms with Crippen molar-refractivity contribution < 1.29 is 4.74 Å². The number of nitrogen functional groups attached to an aromatic ring is 1. The van der Waals surface area contributed by atoms with Gasteiger partial charge in [0.1, 0.15) is 23.2 Å². The van der Waals surface area contributed by atoms with Gasteiger partial charge < -0.3 is 10.5 Å². The quantitative estimate of drug-likeness (QED) is 0.442. The first kappa shape index (κ1) is 21.4. The van der Waals surface area contributed by atoms with E-state index < -0.39 is 0 Å². The molecule has 0 saturated carbocycles. The first-order valence-corrected chi connectivity index (χ1v) is 10.6. The normalized spacial score (nSPS) is 10.6. The highest BCUT2D eigenvalue weighted by atomic mass is 16.5. The summed E-state index contributed by atoms with van der Waals surface area (Å²) in [6.07, 6.45) is 4.71. The van der Waals surface area contributed by atoms with Gasteiger partial charge in [0.2, 0.25) is 0 Å². The molecule has 3 aromatic rings. The maximum absolute atomic E-state index is 9.73. The lowest BCUT2D eigenvalue weighted by molar-refractivity contribution is 0.305. The Balaban J connectivity index is 1.93. The van der Waals surface area contributed by atoms with Crippen LogP contribution >= 0.6 is 0 Å². The predicted octanol–water partition coefficient (Wildman–Crippen LogP) is 6.45. The molecule has 154 valence electrons. The Hall–Kier alpha value is -3.32. The van der Waals surface area contributed by atoms with Crippen molar-refractivity contribution in [2.24, 2.45) is 0 Å². The number of nitriles is 1. The van der Waals surface area contributed by atoms with Crippen LogP contribution in [0.3, 0.4) is 0 Å². The number of nitrogens with two attached hydrogens (primary N) is 1. The lowest BCUT2D eigenvalue weighted by Crippen LogP contribution is -2.03. The molecule has 1 heterocycles. The van der Waals surface area contributed by atoms with E-state index in [1.165, 1.54) is 24.8 Å². The maximum Gasteiger partial charge on any atom is 0.142 e. The second-order valence-corrected chi connectivity index (χ2v) is 7.63. The SMILES string of the molecule is CCCCCCOc1ccc(-c2c(C)c(-c3ccc(C)cc3)nc(N)c2C#N)cc1. The van der Waals surface area contributed by atoms with Gasteiger partial charge in [-0.1, -0.05) is 68.1 Å². The van der Waals surface area contributed by atoms with Crippen molar-refractivity contribution in [1.82, 2.24) is 4.98 Å². The van der Waals surface area contributed by atoms with Gasteiger partial charge in [0, 0.05) is 11.1 Å². The van der Waals surface area contributed by atoms with Crippen molar-refractivity contribution in [1.29, 1.82) is 5.26 Å². The molecular weight excluding hydrogens is 370 g/mol. The van der Waals surface area contributed by atoms with Crippen LogP contribution in [0.25, 0.3) is 22.4 Å². The minimum atomic E-state index is 0.255. The van der Waals surface area contributed by atoms with Crippen LogP contribution in [0.4, 0.5) is 5.82 Å². The Bertz CT molecular complexity index is 1030. The molecular formula is C26H29N3O. The van der Waals surface area contributed by atoms with E-state index in [-0.39, 0.29) is 5.82 Å². The third-order valence-electron chi connectivity index (χ3n) is 5.32. The van der Waals surface area contributed by atoms with Crippen LogP contribution in [0.2, 0.25) is 0 Å². The van der Waals surface area contributed by atoms with Crippen LogP contribution in [0.1, 0.15) is 49.3 Å². The van der Waals surface area contributed by atoms with Gasteiger partial charge in [-0.2, -0.15) is 5.26 Å².